The molecule has 0 aromatic carbocycles. The molecule has 60 heavy (non-hydrogen) atoms. The Morgan fingerprint density at radius 2 is 0.800 bits per heavy atom. The molecule has 0 heterocycles. The minimum Gasteiger partial charge on any atom is -0.462 e. The quantitative estimate of drug-likeness (QED) is 0.0322. The number of aliphatic hydroxyl groups excluding tert-OH is 2. The molecule has 3 N–H and O–H groups in total. The van der Waals surface area contributed by atoms with E-state index in [1.54, 1.807) is 0 Å². The molecule has 0 aromatic heterocycles. The van der Waals surface area contributed by atoms with E-state index in [4.69, 9.17) is 4.74 Å². The molecule has 0 aliphatic heterocycles. The lowest BCUT2D eigenvalue weighted by Gasteiger charge is -2.24. The maximum Gasteiger partial charge on any atom is 0.306 e. The first kappa shape index (κ1) is 58.6. The van der Waals surface area contributed by atoms with Crippen molar-refractivity contribution in [2.45, 2.75) is 315 Å². The highest BCUT2D eigenvalue weighted by molar-refractivity contribution is 5.77. The average molecular weight is 848 g/mol. The number of aliphatic hydroxyl groups is 2. The molecule has 0 aliphatic rings. The summed E-state index contributed by atoms with van der Waals surface area (Å²) in [5.74, 6) is -0.470. The van der Waals surface area contributed by atoms with Crippen molar-refractivity contribution in [3.05, 3.63) is 12.2 Å². The predicted octanol–water partition coefficient (Wildman–Crippen LogP) is 16.1. The topological polar surface area (TPSA) is 95.9 Å². The lowest BCUT2D eigenvalue weighted by Crippen LogP contribution is -2.46. The number of esters is 1. The van der Waals surface area contributed by atoms with E-state index in [1.165, 1.54) is 199 Å². The zero-order chi connectivity index (χ0) is 43.8. The van der Waals surface area contributed by atoms with Gasteiger partial charge in [0.1, 0.15) is 6.10 Å². The Kier molecular flexibility index (Phi) is 47.5. The fourth-order valence-corrected chi connectivity index (χ4v) is 8.49. The number of allylic oxidation sites excluding steroid dienone is 2. The van der Waals surface area contributed by atoms with E-state index in [1.807, 2.05) is 0 Å². The van der Waals surface area contributed by atoms with Crippen LogP contribution in [0, 0.1) is 0 Å². The van der Waals surface area contributed by atoms with Gasteiger partial charge in [-0.15, -0.1) is 0 Å². The van der Waals surface area contributed by atoms with Gasteiger partial charge in [0, 0.05) is 6.42 Å². The van der Waals surface area contributed by atoms with E-state index < -0.39 is 18.2 Å². The maximum atomic E-state index is 13.2. The highest BCUT2D eigenvalue weighted by atomic mass is 16.5. The molecule has 6 heteroatoms. The third-order valence-electron chi connectivity index (χ3n) is 12.6. The van der Waals surface area contributed by atoms with Gasteiger partial charge in [0.15, 0.2) is 0 Å². The van der Waals surface area contributed by atoms with Crippen molar-refractivity contribution >= 4 is 11.9 Å². The molecule has 0 saturated carbocycles. The number of ether oxygens (including phenoxy) is 1. The average Bonchev–Trinajstić information content (AvgIpc) is 3.24. The van der Waals surface area contributed by atoms with Crippen molar-refractivity contribution in [1.29, 1.82) is 0 Å². The first-order chi connectivity index (χ1) is 29.5. The highest BCUT2D eigenvalue weighted by Crippen LogP contribution is 2.18. The van der Waals surface area contributed by atoms with Crippen LogP contribution >= 0.6 is 0 Å². The standard InChI is InChI=1S/C54H105NO5/c1-4-7-10-13-16-19-21-23-25-26-27-29-31-33-35-38-41-44-47-54(59)60-50(45-42-39-36-18-15-12-9-6-3)48-53(58)55-51(49-56)52(57)46-43-40-37-34-32-30-28-24-22-20-17-14-11-8-5-2/h27,29,50-52,56-57H,4-26,28,30-49H2,1-3H3,(H,55,58)/b29-27+. The third kappa shape index (κ3) is 43.3. The van der Waals surface area contributed by atoms with Gasteiger partial charge in [-0.2, -0.15) is 0 Å². The second-order valence-electron chi connectivity index (χ2n) is 18.6. The number of carbonyl (C=O) groups excluding carboxylic acids is 2. The molecule has 0 fully saturated rings. The number of carbonyl (C=O) groups is 2. The molecule has 6 nitrogen and oxygen atoms in total. The lowest BCUT2D eigenvalue weighted by molar-refractivity contribution is -0.151. The molecule has 3 atom stereocenters. The van der Waals surface area contributed by atoms with Gasteiger partial charge < -0.3 is 20.3 Å². The largest absolute Gasteiger partial charge is 0.462 e. The van der Waals surface area contributed by atoms with E-state index in [0.29, 0.717) is 19.3 Å². The molecule has 0 aliphatic carbocycles. The molecule has 0 aromatic rings. The summed E-state index contributed by atoms with van der Waals surface area (Å²) in [6.45, 7) is 6.49. The monoisotopic (exact) mass is 848 g/mol. The van der Waals surface area contributed by atoms with E-state index in [0.717, 1.165) is 51.4 Å². The fraction of sp³-hybridized carbons (Fsp3) is 0.926. The minimum atomic E-state index is -0.782. The minimum absolute atomic E-state index is 0.0804. The molecule has 0 bridgehead atoms. The number of nitrogens with one attached hydrogen (secondary N) is 1. The Balaban J connectivity index is 4.35. The summed E-state index contributed by atoms with van der Waals surface area (Å²) < 4.78 is 5.92. The van der Waals surface area contributed by atoms with Gasteiger partial charge in [0.2, 0.25) is 5.91 Å². The zero-order valence-corrected chi connectivity index (χ0v) is 40.6. The van der Waals surface area contributed by atoms with E-state index in [9.17, 15) is 19.8 Å². The summed E-state index contributed by atoms with van der Waals surface area (Å²) in [6, 6.07) is -0.696. The first-order valence-electron chi connectivity index (χ1n) is 26.9. The van der Waals surface area contributed by atoms with E-state index in [2.05, 4.69) is 38.2 Å². The van der Waals surface area contributed by atoms with Gasteiger partial charge in [-0.25, -0.2) is 0 Å². The van der Waals surface area contributed by atoms with Gasteiger partial charge >= 0.3 is 5.97 Å². The van der Waals surface area contributed by atoms with Crippen molar-refractivity contribution in [2.24, 2.45) is 0 Å². The molecule has 1 amide bonds. The molecular weight excluding hydrogens is 743 g/mol. The lowest BCUT2D eigenvalue weighted by atomic mass is 10.0. The summed E-state index contributed by atoms with van der Waals surface area (Å²) in [6.07, 6.45) is 54.3. The van der Waals surface area contributed by atoms with Crippen LogP contribution in [0.4, 0.5) is 0 Å². The summed E-state index contributed by atoms with van der Waals surface area (Å²) in [5.41, 5.74) is 0. The van der Waals surface area contributed by atoms with E-state index >= 15 is 0 Å². The van der Waals surface area contributed by atoms with Crippen molar-refractivity contribution in [3.8, 4) is 0 Å². The number of amides is 1. The molecule has 0 rings (SSSR count). The van der Waals surface area contributed by atoms with Crippen LogP contribution in [0.3, 0.4) is 0 Å². The van der Waals surface area contributed by atoms with Crippen LogP contribution in [-0.2, 0) is 14.3 Å². The Labute approximate surface area is 374 Å². The number of unbranched alkanes of at least 4 members (excludes halogenated alkanes) is 35. The zero-order valence-electron chi connectivity index (χ0n) is 40.6. The van der Waals surface area contributed by atoms with Crippen molar-refractivity contribution in [3.63, 3.8) is 0 Å². The first-order valence-corrected chi connectivity index (χ1v) is 26.9. The van der Waals surface area contributed by atoms with Gasteiger partial charge in [-0.05, 0) is 51.4 Å². The molecular formula is C54H105NO5. The second kappa shape index (κ2) is 48.6. The molecule has 356 valence electrons. The third-order valence-corrected chi connectivity index (χ3v) is 12.6. The van der Waals surface area contributed by atoms with Crippen LogP contribution in [0.2, 0.25) is 0 Å². The number of rotatable bonds is 49. The Morgan fingerprint density at radius 1 is 0.467 bits per heavy atom. The molecule has 0 radical (unpaired) electrons. The normalized spacial score (nSPS) is 13.2. The summed E-state index contributed by atoms with van der Waals surface area (Å²) >= 11 is 0. The van der Waals surface area contributed by atoms with Gasteiger partial charge in [0.25, 0.3) is 0 Å². The smallest absolute Gasteiger partial charge is 0.306 e. The SMILES string of the molecule is CCCCCCCCCCC/C=C/CCCCCCCC(=O)OC(CCCCCCCCCC)CC(=O)NC(CO)C(O)CCCCCCCCCCCCCCCCC. The van der Waals surface area contributed by atoms with Crippen LogP contribution in [0.5, 0.6) is 0 Å². The van der Waals surface area contributed by atoms with Gasteiger partial charge in [-0.1, -0.05) is 245 Å². The molecule has 3 unspecified atom stereocenters. The maximum absolute atomic E-state index is 13.2. The highest BCUT2D eigenvalue weighted by Gasteiger charge is 2.24. The number of hydrogen-bond acceptors (Lipinski definition) is 5. The van der Waals surface area contributed by atoms with Crippen molar-refractivity contribution in [1.82, 2.24) is 5.32 Å². The van der Waals surface area contributed by atoms with Crippen LogP contribution in [0.15, 0.2) is 12.2 Å². The summed E-state index contributed by atoms with van der Waals surface area (Å²) in [4.78, 5) is 26.1. The molecule has 0 saturated heterocycles. The predicted molar refractivity (Wildman–Crippen MR) is 260 cm³/mol. The van der Waals surface area contributed by atoms with Crippen molar-refractivity contribution < 1.29 is 24.5 Å². The number of hydrogen-bond donors (Lipinski definition) is 3. The Morgan fingerprint density at radius 3 is 1.18 bits per heavy atom. The van der Waals surface area contributed by atoms with Crippen LogP contribution in [-0.4, -0.2) is 46.9 Å². The van der Waals surface area contributed by atoms with Gasteiger partial charge in [0.05, 0.1) is 25.2 Å². The molecule has 0 spiro atoms. The second-order valence-corrected chi connectivity index (χ2v) is 18.6. The fourth-order valence-electron chi connectivity index (χ4n) is 8.49. The van der Waals surface area contributed by atoms with Gasteiger partial charge in [-0.3, -0.25) is 9.59 Å². The van der Waals surface area contributed by atoms with Crippen LogP contribution < -0.4 is 5.32 Å². The van der Waals surface area contributed by atoms with Crippen LogP contribution in [0.25, 0.3) is 0 Å². The van der Waals surface area contributed by atoms with E-state index in [-0.39, 0.29) is 24.9 Å². The Hall–Kier alpha value is -1.40. The summed E-state index contributed by atoms with van der Waals surface area (Å²) in [5, 5.41) is 23.8. The van der Waals surface area contributed by atoms with Crippen LogP contribution in [0.1, 0.15) is 297 Å². The summed E-state index contributed by atoms with van der Waals surface area (Å²) in [7, 11) is 0. The Bertz CT molecular complexity index is 909. The van der Waals surface area contributed by atoms with Crippen molar-refractivity contribution in [2.75, 3.05) is 6.61 Å².